The summed E-state index contributed by atoms with van der Waals surface area (Å²) in [6.07, 6.45) is 6.19. The molecule has 3 rings (SSSR count). The molecule has 0 fully saturated rings. The monoisotopic (exact) mass is 360 g/mol. The number of ether oxygens (including phenoxy) is 1. The van der Waals surface area contributed by atoms with E-state index in [2.05, 4.69) is 9.97 Å². The lowest BCUT2D eigenvalue weighted by Gasteiger charge is -2.10. The number of nitrogens with two attached hydrogens (primary N) is 1. The van der Waals surface area contributed by atoms with Crippen LogP contribution in [0.15, 0.2) is 47.8 Å². The maximum atomic E-state index is 12.0. The van der Waals surface area contributed by atoms with Crippen molar-refractivity contribution in [3.05, 3.63) is 64.5 Å². The van der Waals surface area contributed by atoms with Gasteiger partial charge < -0.3 is 20.0 Å². The van der Waals surface area contributed by atoms with E-state index in [-0.39, 0.29) is 22.5 Å². The topological polar surface area (TPSA) is 134 Å². The Morgan fingerprint density at radius 3 is 2.56 bits per heavy atom. The van der Waals surface area contributed by atoms with Crippen LogP contribution in [0.4, 0.5) is 5.82 Å². The Labute approximate surface area is 155 Å². The Balaban J connectivity index is 1.77. The number of nitriles is 2. The number of nitrogens with one attached hydrogen (secondary N) is 1. The number of aryl methyl sites for hydroxylation is 1. The molecule has 0 unspecified atom stereocenters. The molecule has 0 amide bonds. The average molecular weight is 360 g/mol. The van der Waals surface area contributed by atoms with Gasteiger partial charge in [-0.3, -0.25) is 4.79 Å². The standard InChI is InChI=1S/C19H16N6O2/c20-10-15-17(16(11-21)19(26)24-18(15)22)13-2-4-14(5-3-13)27-9-1-7-25-8-6-23-12-25/h2-6,8,12H,1,7,9H2,(H3,22,24,26). The maximum Gasteiger partial charge on any atom is 0.268 e. The van der Waals surface area contributed by atoms with Crippen LogP contribution in [-0.4, -0.2) is 21.1 Å². The normalized spacial score (nSPS) is 10.1. The van der Waals surface area contributed by atoms with Gasteiger partial charge in [-0.2, -0.15) is 10.5 Å². The number of benzene rings is 1. The maximum absolute atomic E-state index is 12.0. The SMILES string of the molecule is N#Cc1c(N)[nH]c(=O)c(C#N)c1-c1ccc(OCCCn2ccnc2)cc1. The number of hydrogen-bond donors (Lipinski definition) is 2. The minimum atomic E-state index is -0.621. The van der Waals surface area contributed by atoms with Crippen molar-refractivity contribution in [2.45, 2.75) is 13.0 Å². The zero-order valence-electron chi connectivity index (χ0n) is 14.3. The molecule has 0 aliphatic heterocycles. The van der Waals surface area contributed by atoms with Gasteiger partial charge in [-0.05, 0) is 24.1 Å². The zero-order chi connectivity index (χ0) is 19.2. The molecule has 2 heterocycles. The molecule has 0 aliphatic carbocycles. The van der Waals surface area contributed by atoms with Gasteiger partial charge in [-0.15, -0.1) is 0 Å². The van der Waals surface area contributed by atoms with Crippen LogP contribution < -0.4 is 16.0 Å². The smallest absolute Gasteiger partial charge is 0.268 e. The highest BCUT2D eigenvalue weighted by Crippen LogP contribution is 2.29. The van der Waals surface area contributed by atoms with Crippen molar-refractivity contribution in [1.82, 2.24) is 14.5 Å². The Morgan fingerprint density at radius 1 is 1.19 bits per heavy atom. The number of nitrogen functional groups attached to an aromatic ring is 1. The minimum absolute atomic E-state index is 0.0590. The number of anilines is 1. The van der Waals surface area contributed by atoms with E-state index in [4.69, 9.17) is 10.5 Å². The summed E-state index contributed by atoms with van der Waals surface area (Å²) in [4.78, 5) is 18.3. The lowest BCUT2D eigenvalue weighted by Crippen LogP contribution is -2.16. The van der Waals surface area contributed by atoms with Gasteiger partial charge in [0.15, 0.2) is 0 Å². The second-order valence-electron chi connectivity index (χ2n) is 5.74. The van der Waals surface area contributed by atoms with Gasteiger partial charge in [-0.1, -0.05) is 12.1 Å². The molecule has 3 N–H and O–H groups in total. The van der Waals surface area contributed by atoms with Crippen LogP contribution >= 0.6 is 0 Å². The Morgan fingerprint density at radius 2 is 1.93 bits per heavy atom. The first-order chi connectivity index (χ1) is 13.1. The van der Waals surface area contributed by atoms with Gasteiger partial charge in [0.1, 0.15) is 34.8 Å². The second kappa shape index (κ2) is 7.89. The molecular formula is C19H16N6O2. The van der Waals surface area contributed by atoms with Gasteiger partial charge in [0.25, 0.3) is 5.56 Å². The zero-order valence-corrected chi connectivity index (χ0v) is 14.3. The van der Waals surface area contributed by atoms with Gasteiger partial charge in [-0.25, -0.2) is 4.98 Å². The molecule has 0 atom stereocenters. The number of aromatic amines is 1. The highest BCUT2D eigenvalue weighted by Gasteiger charge is 2.17. The largest absolute Gasteiger partial charge is 0.494 e. The lowest BCUT2D eigenvalue weighted by molar-refractivity contribution is 0.302. The fourth-order valence-electron chi connectivity index (χ4n) is 2.71. The summed E-state index contributed by atoms with van der Waals surface area (Å²) in [5.74, 6) is 0.593. The highest BCUT2D eigenvalue weighted by molar-refractivity contribution is 5.80. The first kappa shape index (κ1) is 17.8. The molecule has 134 valence electrons. The van der Waals surface area contributed by atoms with Crippen molar-refractivity contribution in [2.24, 2.45) is 0 Å². The Hall–Kier alpha value is -4.04. The van der Waals surface area contributed by atoms with E-state index in [9.17, 15) is 15.3 Å². The average Bonchev–Trinajstić information content (AvgIpc) is 3.19. The van der Waals surface area contributed by atoms with E-state index >= 15 is 0 Å². The number of pyridine rings is 1. The fourth-order valence-corrected chi connectivity index (χ4v) is 2.71. The molecule has 0 saturated heterocycles. The van der Waals surface area contributed by atoms with Gasteiger partial charge >= 0.3 is 0 Å². The molecule has 0 bridgehead atoms. The number of imidazole rings is 1. The van der Waals surface area contributed by atoms with Gasteiger partial charge in [0, 0.05) is 24.5 Å². The molecule has 0 spiro atoms. The van der Waals surface area contributed by atoms with Crippen molar-refractivity contribution >= 4 is 5.82 Å². The van der Waals surface area contributed by atoms with Gasteiger partial charge in [0.05, 0.1) is 12.9 Å². The van der Waals surface area contributed by atoms with Crippen LogP contribution in [-0.2, 0) is 6.54 Å². The summed E-state index contributed by atoms with van der Waals surface area (Å²) < 4.78 is 7.67. The van der Waals surface area contributed by atoms with E-state index in [0.717, 1.165) is 13.0 Å². The van der Waals surface area contributed by atoms with E-state index in [0.29, 0.717) is 17.9 Å². The predicted molar refractivity (Wildman–Crippen MR) is 98.7 cm³/mol. The van der Waals surface area contributed by atoms with Crippen molar-refractivity contribution < 1.29 is 4.74 Å². The highest BCUT2D eigenvalue weighted by atomic mass is 16.5. The van der Waals surface area contributed by atoms with Gasteiger partial charge in [0.2, 0.25) is 0 Å². The number of rotatable bonds is 6. The van der Waals surface area contributed by atoms with E-state index in [1.807, 2.05) is 22.9 Å². The molecular weight excluding hydrogens is 344 g/mol. The van der Waals surface area contributed by atoms with Crippen LogP contribution in [0.3, 0.4) is 0 Å². The molecule has 3 aromatic rings. The van der Waals surface area contributed by atoms with Crippen LogP contribution in [0.25, 0.3) is 11.1 Å². The molecule has 0 saturated carbocycles. The Kier molecular flexibility index (Phi) is 5.20. The lowest BCUT2D eigenvalue weighted by atomic mass is 9.97. The number of nitrogens with zero attached hydrogens (tertiary/aromatic N) is 4. The second-order valence-corrected chi connectivity index (χ2v) is 5.74. The van der Waals surface area contributed by atoms with Crippen molar-refractivity contribution in [1.29, 1.82) is 10.5 Å². The third kappa shape index (κ3) is 3.80. The molecule has 27 heavy (non-hydrogen) atoms. The quantitative estimate of drug-likeness (QED) is 0.646. The molecule has 0 radical (unpaired) electrons. The predicted octanol–water partition coefficient (Wildman–Crippen LogP) is 2.03. The molecule has 0 aliphatic rings. The summed E-state index contributed by atoms with van der Waals surface area (Å²) in [6, 6.07) is 10.6. The van der Waals surface area contributed by atoms with Crippen LogP contribution in [0, 0.1) is 22.7 Å². The summed E-state index contributed by atoms with van der Waals surface area (Å²) in [5, 5.41) is 18.7. The summed E-state index contributed by atoms with van der Waals surface area (Å²) >= 11 is 0. The summed E-state index contributed by atoms with van der Waals surface area (Å²) in [5.41, 5.74) is 5.81. The molecule has 8 heteroatoms. The van der Waals surface area contributed by atoms with E-state index < -0.39 is 5.56 Å². The summed E-state index contributed by atoms with van der Waals surface area (Å²) in [7, 11) is 0. The molecule has 2 aromatic heterocycles. The van der Waals surface area contributed by atoms with E-state index in [1.165, 1.54) is 0 Å². The third-order valence-electron chi connectivity index (χ3n) is 4.00. The molecule has 8 nitrogen and oxygen atoms in total. The number of aromatic nitrogens is 3. The van der Waals surface area contributed by atoms with Crippen LogP contribution in [0.5, 0.6) is 5.75 Å². The Bertz CT molecular complexity index is 1070. The summed E-state index contributed by atoms with van der Waals surface area (Å²) in [6.45, 7) is 1.34. The molecule has 1 aromatic carbocycles. The van der Waals surface area contributed by atoms with Crippen LogP contribution in [0.1, 0.15) is 17.5 Å². The van der Waals surface area contributed by atoms with Crippen LogP contribution in [0.2, 0.25) is 0 Å². The van der Waals surface area contributed by atoms with Crippen molar-refractivity contribution in [3.63, 3.8) is 0 Å². The third-order valence-corrected chi connectivity index (χ3v) is 4.00. The first-order valence-corrected chi connectivity index (χ1v) is 8.19. The fraction of sp³-hybridized carbons (Fsp3) is 0.158. The van der Waals surface area contributed by atoms with Crippen molar-refractivity contribution in [2.75, 3.05) is 12.3 Å². The number of H-pyrrole nitrogens is 1. The minimum Gasteiger partial charge on any atom is -0.494 e. The first-order valence-electron chi connectivity index (χ1n) is 8.19. The van der Waals surface area contributed by atoms with E-state index in [1.54, 1.807) is 36.8 Å². The number of hydrogen-bond acceptors (Lipinski definition) is 6. The van der Waals surface area contributed by atoms with Crippen molar-refractivity contribution in [3.8, 4) is 29.0 Å².